The molecule has 1 unspecified atom stereocenters. The number of halogens is 1. The van der Waals surface area contributed by atoms with E-state index in [9.17, 15) is 0 Å². The Morgan fingerprint density at radius 3 is 2.85 bits per heavy atom. The Kier molecular flexibility index (Phi) is 3.92. The van der Waals surface area contributed by atoms with E-state index >= 15 is 0 Å². The summed E-state index contributed by atoms with van der Waals surface area (Å²) >= 11 is 6.15. The second-order valence-corrected chi connectivity index (χ2v) is 9.55. The van der Waals surface area contributed by atoms with Crippen LogP contribution in [-0.2, 0) is 9.31 Å². The summed E-state index contributed by atoms with van der Waals surface area (Å²) in [5.74, 6) is 2.57. The molecule has 0 spiro atoms. The summed E-state index contributed by atoms with van der Waals surface area (Å²) in [6.45, 7) is 7.71. The van der Waals surface area contributed by atoms with Gasteiger partial charge in [0, 0.05) is 11.5 Å². The van der Waals surface area contributed by atoms with Gasteiger partial charge in [-0.05, 0) is 61.3 Å². The largest absolute Gasteiger partial charge is 0.493 e. The van der Waals surface area contributed by atoms with Gasteiger partial charge in [-0.3, -0.25) is 0 Å². The number of benzene rings is 1. The van der Waals surface area contributed by atoms with Gasteiger partial charge in [0.05, 0.1) is 24.3 Å². The highest BCUT2D eigenvalue weighted by Gasteiger charge is 2.68. The number of ether oxygens (including phenoxy) is 1. The standard InChI is InChI=1S/C20H27BClNO3/c1-19(2)13-9-16(19)20(3)17(10-13)25-21(26-20)18(23-22)8-12-11-24-15-7-5-4-6-14(12)15/h4-7,12-13,16-18,23H,8-11H2,1-3H3/t12?,13-,16-,17+,18-,20-/m0/s1. The average Bonchev–Trinajstić information content (AvgIpc) is 3.19. The first-order valence-corrected chi connectivity index (χ1v) is 10.2. The molecule has 1 aromatic carbocycles. The third-order valence-electron chi connectivity index (χ3n) is 7.77. The van der Waals surface area contributed by atoms with Crippen molar-refractivity contribution in [2.45, 2.75) is 63.6 Å². The van der Waals surface area contributed by atoms with Crippen molar-refractivity contribution in [1.82, 2.24) is 4.84 Å². The van der Waals surface area contributed by atoms with Crippen LogP contribution in [0.3, 0.4) is 0 Å². The van der Waals surface area contributed by atoms with Crippen molar-refractivity contribution in [2.24, 2.45) is 17.3 Å². The smallest absolute Gasteiger partial charge is 0.477 e. The molecule has 2 heterocycles. The summed E-state index contributed by atoms with van der Waals surface area (Å²) in [5, 5.41) is 0. The first-order valence-electron chi connectivity index (χ1n) is 9.84. The lowest BCUT2D eigenvalue weighted by molar-refractivity contribution is -0.199. The SMILES string of the molecule is CC1(C)[C@@H]2C[C@H]3OB([C@H](CC4COc5ccccc54)NCl)O[C@@]3(C)[C@H]1C2. The molecular formula is C20H27BClNO3. The third kappa shape index (κ3) is 2.33. The lowest BCUT2D eigenvalue weighted by Crippen LogP contribution is -2.65. The molecule has 2 aliphatic heterocycles. The molecule has 2 bridgehead atoms. The minimum Gasteiger partial charge on any atom is -0.493 e. The van der Waals surface area contributed by atoms with Crippen LogP contribution in [0.4, 0.5) is 0 Å². The highest BCUT2D eigenvalue weighted by atomic mass is 35.5. The summed E-state index contributed by atoms with van der Waals surface area (Å²) in [7, 11) is -0.301. The van der Waals surface area contributed by atoms with Crippen molar-refractivity contribution >= 4 is 18.9 Å². The zero-order chi connectivity index (χ0) is 18.1. The van der Waals surface area contributed by atoms with Gasteiger partial charge >= 0.3 is 7.12 Å². The molecule has 3 aliphatic carbocycles. The highest BCUT2D eigenvalue weighted by Crippen LogP contribution is 2.65. The van der Waals surface area contributed by atoms with Gasteiger partial charge in [-0.1, -0.05) is 32.0 Å². The molecule has 5 aliphatic rings. The van der Waals surface area contributed by atoms with Gasteiger partial charge in [0.15, 0.2) is 0 Å². The minimum absolute atomic E-state index is 0.0563. The van der Waals surface area contributed by atoms with Gasteiger partial charge in [0.2, 0.25) is 0 Å². The molecule has 6 heteroatoms. The molecule has 4 fully saturated rings. The molecule has 140 valence electrons. The van der Waals surface area contributed by atoms with Crippen molar-refractivity contribution in [3.8, 4) is 5.75 Å². The number of hydrogen-bond donors (Lipinski definition) is 1. The first-order chi connectivity index (χ1) is 12.4. The van der Waals surface area contributed by atoms with Crippen LogP contribution in [0, 0.1) is 17.3 Å². The van der Waals surface area contributed by atoms with Gasteiger partial charge in [0.1, 0.15) is 5.75 Å². The van der Waals surface area contributed by atoms with Crippen molar-refractivity contribution in [2.75, 3.05) is 6.61 Å². The molecule has 0 amide bonds. The fourth-order valence-electron chi connectivity index (χ4n) is 6.01. The maximum atomic E-state index is 6.58. The molecule has 0 aromatic heterocycles. The van der Waals surface area contributed by atoms with E-state index in [1.165, 1.54) is 12.0 Å². The molecule has 6 atom stereocenters. The van der Waals surface area contributed by atoms with E-state index < -0.39 is 0 Å². The summed E-state index contributed by atoms with van der Waals surface area (Å²) in [5.41, 5.74) is 1.42. The van der Waals surface area contributed by atoms with E-state index in [4.69, 9.17) is 25.8 Å². The second-order valence-electron chi connectivity index (χ2n) is 9.33. The summed E-state index contributed by atoms with van der Waals surface area (Å²) < 4.78 is 18.8. The van der Waals surface area contributed by atoms with Crippen molar-refractivity contribution in [1.29, 1.82) is 0 Å². The lowest BCUT2D eigenvalue weighted by atomic mass is 9.43. The van der Waals surface area contributed by atoms with Gasteiger partial charge in [-0.2, -0.15) is 0 Å². The molecule has 1 N–H and O–H groups in total. The summed E-state index contributed by atoms with van der Waals surface area (Å²) in [4.78, 5) is 2.94. The Morgan fingerprint density at radius 1 is 1.27 bits per heavy atom. The van der Waals surface area contributed by atoms with Crippen LogP contribution < -0.4 is 9.57 Å². The maximum absolute atomic E-state index is 6.58. The molecule has 26 heavy (non-hydrogen) atoms. The van der Waals surface area contributed by atoms with Crippen LogP contribution in [0.15, 0.2) is 24.3 Å². The van der Waals surface area contributed by atoms with E-state index in [1.807, 2.05) is 12.1 Å². The zero-order valence-corrected chi connectivity index (χ0v) is 16.5. The van der Waals surface area contributed by atoms with Gasteiger partial charge in [-0.15, -0.1) is 0 Å². The predicted octanol–water partition coefficient (Wildman–Crippen LogP) is 3.93. The predicted molar refractivity (Wildman–Crippen MR) is 102 cm³/mol. The van der Waals surface area contributed by atoms with Gasteiger partial charge in [0.25, 0.3) is 0 Å². The zero-order valence-electron chi connectivity index (χ0n) is 15.7. The van der Waals surface area contributed by atoms with E-state index in [-0.39, 0.29) is 24.8 Å². The molecule has 1 aromatic rings. The van der Waals surface area contributed by atoms with E-state index in [0.29, 0.717) is 23.9 Å². The lowest BCUT2D eigenvalue weighted by Gasteiger charge is -2.64. The monoisotopic (exact) mass is 375 g/mol. The number of rotatable bonds is 4. The van der Waals surface area contributed by atoms with Crippen LogP contribution in [0.5, 0.6) is 5.75 Å². The number of nitrogens with one attached hydrogen (secondary N) is 1. The molecule has 0 radical (unpaired) electrons. The second kappa shape index (κ2) is 5.87. The normalized spacial score (nSPS) is 40.4. The molecule has 4 nitrogen and oxygen atoms in total. The molecule has 1 saturated heterocycles. The van der Waals surface area contributed by atoms with Crippen molar-refractivity contribution < 1.29 is 14.0 Å². The van der Waals surface area contributed by atoms with Crippen molar-refractivity contribution in [3.63, 3.8) is 0 Å². The van der Waals surface area contributed by atoms with Gasteiger partial charge in [-0.25, -0.2) is 4.84 Å². The minimum atomic E-state index is -0.301. The van der Waals surface area contributed by atoms with Gasteiger partial charge < -0.3 is 14.0 Å². The molecule has 6 rings (SSSR count). The fourth-order valence-corrected chi connectivity index (χ4v) is 6.20. The first kappa shape index (κ1) is 17.4. The topological polar surface area (TPSA) is 39.7 Å². The number of para-hydroxylation sites is 1. The van der Waals surface area contributed by atoms with Crippen LogP contribution in [0.25, 0.3) is 0 Å². The fraction of sp³-hybridized carbons (Fsp3) is 0.700. The number of hydrogen-bond acceptors (Lipinski definition) is 4. The van der Waals surface area contributed by atoms with Crippen molar-refractivity contribution in [3.05, 3.63) is 29.8 Å². The van der Waals surface area contributed by atoms with E-state index in [2.05, 4.69) is 37.7 Å². The Balaban J connectivity index is 1.32. The van der Waals surface area contributed by atoms with E-state index in [0.717, 1.165) is 24.5 Å². The van der Waals surface area contributed by atoms with Crippen LogP contribution in [-0.4, -0.2) is 31.4 Å². The Labute approximate surface area is 161 Å². The Bertz CT molecular complexity index is 716. The maximum Gasteiger partial charge on any atom is 0.477 e. The summed E-state index contributed by atoms with van der Waals surface area (Å²) in [6, 6.07) is 8.26. The quantitative estimate of drug-likeness (QED) is 0.639. The third-order valence-corrected chi connectivity index (χ3v) is 8.06. The van der Waals surface area contributed by atoms with E-state index in [1.54, 1.807) is 0 Å². The molecule has 3 saturated carbocycles. The highest BCUT2D eigenvalue weighted by molar-refractivity contribution is 6.48. The van der Waals surface area contributed by atoms with Crippen LogP contribution >= 0.6 is 11.8 Å². The molecular weight excluding hydrogens is 348 g/mol. The number of fused-ring (bicyclic) bond motifs is 1. The van der Waals surface area contributed by atoms with Crippen LogP contribution in [0.2, 0.25) is 0 Å². The Morgan fingerprint density at radius 2 is 2.08 bits per heavy atom. The Hall–Kier alpha value is -0.745. The average molecular weight is 376 g/mol. The van der Waals surface area contributed by atoms with Crippen LogP contribution in [0.1, 0.15) is 51.5 Å². The summed E-state index contributed by atoms with van der Waals surface area (Å²) in [6.07, 6.45) is 3.38.